The Morgan fingerprint density at radius 3 is 2.46 bits per heavy atom. The van der Waals surface area contributed by atoms with E-state index in [0.717, 1.165) is 4.57 Å². The molecule has 3 rings (SSSR count). The second-order valence-corrected chi connectivity index (χ2v) is 5.85. The molecule has 26 heavy (non-hydrogen) atoms. The van der Waals surface area contributed by atoms with Crippen LogP contribution >= 0.6 is 11.6 Å². The molecule has 0 aliphatic carbocycles. The lowest BCUT2D eigenvalue weighted by Gasteiger charge is -2.11. The Hall–Kier alpha value is -3.19. The lowest BCUT2D eigenvalue weighted by molar-refractivity contribution is 0.430. The summed E-state index contributed by atoms with van der Waals surface area (Å²) in [6.45, 7) is 1.44. The Morgan fingerprint density at radius 2 is 1.81 bits per heavy atom. The average molecular weight is 374 g/mol. The number of para-hydroxylation sites is 1. The maximum absolute atomic E-state index is 13.8. The summed E-state index contributed by atoms with van der Waals surface area (Å²) in [6.07, 6.45) is 0. The number of halogens is 2. The van der Waals surface area contributed by atoms with E-state index in [1.54, 1.807) is 6.07 Å². The first-order valence-electron chi connectivity index (χ1n) is 7.53. The van der Waals surface area contributed by atoms with E-state index < -0.39 is 22.9 Å². The van der Waals surface area contributed by atoms with Gasteiger partial charge in [0.05, 0.1) is 17.1 Å². The van der Waals surface area contributed by atoms with Crippen LogP contribution in [-0.4, -0.2) is 20.4 Å². The van der Waals surface area contributed by atoms with E-state index in [-0.39, 0.29) is 17.0 Å². The van der Waals surface area contributed by atoms with Crippen molar-refractivity contribution >= 4 is 23.0 Å². The van der Waals surface area contributed by atoms with Crippen LogP contribution in [-0.2, 0) is 0 Å². The Kier molecular flexibility index (Phi) is 4.73. The zero-order chi connectivity index (χ0) is 18.8. The number of aromatic amines is 1. The third kappa shape index (κ3) is 3.29. The summed E-state index contributed by atoms with van der Waals surface area (Å²) >= 11 is 5.83. The highest BCUT2D eigenvalue weighted by molar-refractivity contribution is 6.30. The highest BCUT2D eigenvalue weighted by atomic mass is 35.5. The number of H-pyrrole nitrogens is 1. The summed E-state index contributed by atoms with van der Waals surface area (Å²) in [5, 5.41) is 11.0. The predicted octanol–water partition coefficient (Wildman–Crippen LogP) is 3.16. The van der Waals surface area contributed by atoms with Gasteiger partial charge in [-0.1, -0.05) is 23.7 Å². The van der Waals surface area contributed by atoms with Crippen LogP contribution in [0.25, 0.3) is 5.69 Å². The minimum Gasteiger partial charge on any atom is -0.493 e. The van der Waals surface area contributed by atoms with Gasteiger partial charge in [0.15, 0.2) is 0 Å². The molecule has 0 atom stereocenters. The minimum absolute atomic E-state index is 0.00745. The van der Waals surface area contributed by atoms with Crippen LogP contribution in [0.15, 0.2) is 63.1 Å². The van der Waals surface area contributed by atoms with Crippen molar-refractivity contribution in [1.82, 2.24) is 9.55 Å². The zero-order valence-electron chi connectivity index (χ0n) is 13.5. The quantitative estimate of drug-likeness (QED) is 0.691. The molecule has 0 amide bonds. The molecule has 0 radical (unpaired) electrons. The summed E-state index contributed by atoms with van der Waals surface area (Å²) in [5.41, 5.74) is -1.52. The highest BCUT2D eigenvalue weighted by Gasteiger charge is 2.18. The molecule has 0 bridgehead atoms. The molecule has 2 N–H and O–H groups in total. The second kappa shape index (κ2) is 6.97. The fraction of sp³-hybridized carbons (Fsp3) is 0.0556. The average Bonchev–Trinajstić information content (AvgIpc) is 2.58. The number of nitrogens with zero attached hydrogens (tertiary/aromatic N) is 2. The van der Waals surface area contributed by atoms with Crippen LogP contribution in [0, 0.1) is 5.82 Å². The summed E-state index contributed by atoms with van der Waals surface area (Å²) in [5.74, 6) is -1.17. The van der Waals surface area contributed by atoms with Gasteiger partial charge in [-0.15, -0.1) is 0 Å². The van der Waals surface area contributed by atoms with Crippen LogP contribution in [0.1, 0.15) is 12.5 Å². The largest absolute Gasteiger partial charge is 0.493 e. The van der Waals surface area contributed by atoms with Crippen LogP contribution in [0.5, 0.6) is 5.88 Å². The summed E-state index contributed by atoms with van der Waals surface area (Å²) in [4.78, 5) is 30.5. The first-order chi connectivity index (χ1) is 12.4. The number of nitrogens with one attached hydrogen (secondary N) is 1. The molecule has 1 heterocycles. The Morgan fingerprint density at radius 1 is 1.15 bits per heavy atom. The van der Waals surface area contributed by atoms with E-state index in [1.165, 1.54) is 49.4 Å². The van der Waals surface area contributed by atoms with Crippen molar-refractivity contribution in [1.29, 1.82) is 0 Å². The van der Waals surface area contributed by atoms with Gasteiger partial charge in [0, 0.05) is 5.02 Å². The van der Waals surface area contributed by atoms with Crippen LogP contribution in [0.2, 0.25) is 5.02 Å². The number of aromatic hydroxyl groups is 1. The number of aliphatic imine (C=N–C) groups is 1. The normalized spacial score (nSPS) is 11.6. The van der Waals surface area contributed by atoms with Gasteiger partial charge < -0.3 is 5.11 Å². The molecule has 1 aromatic heterocycles. The fourth-order valence-electron chi connectivity index (χ4n) is 2.46. The van der Waals surface area contributed by atoms with Gasteiger partial charge >= 0.3 is 5.69 Å². The van der Waals surface area contributed by atoms with Gasteiger partial charge in [-0.3, -0.25) is 9.78 Å². The Labute approximate surface area is 151 Å². The van der Waals surface area contributed by atoms with Crippen molar-refractivity contribution in [2.45, 2.75) is 6.92 Å². The molecule has 0 unspecified atom stereocenters. The van der Waals surface area contributed by atoms with Crippen LogP contribution < -0.4 is 11.2 Å². The molecule has 0 spiro atoms. The molecule has 0 aliphatic rings. The number of benzene rings is 2. The predicted molar refractivity (Wildman–Crippen MR) is 97.6 cm³/mol. The third-order valence-corrected chi connectivity index (χ3v) is 3.93. The third-order valence-electron chi connectivity index (χ3n) is 3.67. The van der Waals surface area contributed by atoms with E-state index >= 15 is 0 Å². The lowest BCUT2D eigenvalue weighted by Crippen LogP contribution is -2.32. The molecule has 0 saturated carbocycles. The molecule has 3 aromatic rings. The van der Waals surface area contributed by atoms with E-state index in [0.29, 0.717) is 10.7 Å². The molecule has 0 aliphatic heterocycles. The van der Waals surface area contributed by atoms with Crippen molar-refractivity contribution in [3.05, 3.63) is 85.8 Å². The molecule has 0 saturated heterocycles. The van der Waals surface area contributed by atoms with E-state index in [1.807, 2.05) is 0 Å². The summed E-state index contributed by atoms with van der Waals surface area (Å²) in [6, 6.07) is 11.8. The molecular weight excluding hydrogens is 361 g/mol. The van der Waals surface area contributed by atoms with Gasteiger partial charge in [-0.2, -0.15) is 0 Å². The summed E-state index contributed by atoms with van der Waals surface area (Å²) < 4.78 is 14.7. The maximum Gasteiger partial charge on any atom is 0.335 e. The molecule has 8 heteroatoms. The smallest absolute Gasteiger partial charge is 0.335 e. The lowest BCUT2D eigenvalue weighted by atomic mass is 10.2. The van der Waals surface area contributed by atoms with E-state index in [9.17, 15) is 19.1 Å². The van der Waals surface area contributed by atoms with Gasteiger partial charge in [0.25, 0.3) is 5.56 Å². The van der Waals surface area contributed by atoms with Crippen molar-refractivity contribution < 1.29 is 9.50 Å². The Bertz CT molecular complexity index is 1120. The monoisotopic (exact) mass is 373 g/mol. The number of aromatic nitrogens is 2. The van der Waals surface area contributed by atoms with Gasteiger partial charge in [0.2, 0.25) is 5.88 Å². The number of hydrogen-bond donors (Lipinski definition) is 2. The van der Waals surface area contributed by atoms with Gasteiger partial charge in [0.1, 0.15) is 11.4 Å². The Balaban J connectivity index is 2.21. The van der Waals surface area contributed by atoms with Crippen molar-refractivity contribution in [2.75, 3.05) is 0 Å². The molecule has 0 fully saturated rings. The van der Waals surface area contributed by atoms with Crippen molar-refractivity contribution in [3.63, 3.8) is 0 Å². The molecule has 132 valence electrons. The van der Waals surface area contributed by atoms with Crippen LogP contribution in [0.4, 0.5) is 10.1 Å². The topological polar surface area (TPSA) is 87.4 Å². The second-order valence-electron chi connectivity index (χ2n) is 5.42. The van der Waals surface area contributed by atoms with E-state index in [2.05, 4.69) is 9.98 Å². The van der Waals surface area contributed by atoms with E-state index in [4.69, 9.17) is 11.6 Å². The first kappa shape index (κ1) is 17.6. The standard InChI is InChI=1S/C18H13ClFN3O3/c1-10(21-14-5-3-2-4-13(14)20)15-16(24)22-18(26)23(17(15)25)12-8-6-11(19)7-9-12/h2-9,25H,1H3,(H,22,24,26). The zero-order valence-corrected chi connectivity index (χ0v) is 14.3. The van der Waals surface area contributed by atoms with Crippen molar-refractivity contribution in [2.24, 2.45) is 4.99 Å². The maximum atomic E-state index is 13.8. The SMILES string of the molecule is CC(=Nc1ccccc1F)c1c(O)n(-c2ccc(Cl)cc2)c(=O)[nH]c1=O. The van der Waals surface area contributed by atoms with Crippen molar-refractivity contribution in [3.8, 4) is 11.6 Å². The summed E-state index contributed by atoms with van der Waals surface area (Å²) in [7, 11) is 0. The molecule has 2 aromatic carbocycles. The fourth-order valence-corrected chi connectivity index (χ4v) is 2.59. The molecule has 6 nitrogen and oxygen atoms in total. The molecular formula is C18H13ClFN3O3. The highest BCUT2D eigenvalue weighted by Crippen LogP contribution is 2.22. The van der Waals surface area contributed by atoms with Crippen LogP contribution in [0.3, 0.4) is 0 Å². The first-order valence-corrected chi connectivity index (χ1v) is 7.90. The van der Waals surface area contributed by atoms with Gasteiger partial charge in [-0.05, 0) is 43.3 Å². The minimum atomic E-state index is -0.824. The number of hydrogen-bond acceptors (Lipinski definition) is 4. The van der Waals surface area contributed by atoms with Gasteiger partial charge in [-0.25, -0.2) is 18.7 Å². The number of rotatable bonds is 3.